The third-order valence-corrected chi connectivity index (χ3v) is 6.38. The highest BCUT2D eigenvalue weighted by molar-refractivity contribution is 9.10. The van der Waals surface area contributed by atoms with Crippen molar-refractivity contribution >= 4 is 33.1 Å². The van der Waals surface area contributed by atoms with Gasteiger partial charge in [0.2, 0.25) is 0 Å². The van der Waals surface area contributed by atoms with Gasteiger partial charge in [0, 0.05) is 10.0 Å². The van der Waals surface area contributed by atoms with Crippen LogP contribution >= 0.6 is 15.9 Å². The number of hydrogen-bond donors (Lipinski definition) is 1. The fraction of sp³-hybridized carbons (Fsp3) is 0.208. The van der Waals surface area contributed by atoms with E-state index in [0.717, 1.165) is 40.2 Å². The summed E-state index contributed by atoms with van der Waals surface area (Å²) in [4.78, 5) is 2.09. The van der Waals surface area contributed by atoms with Gasteiger partial charge < -0.3 is 9.84 Å². The highest BCUT2D eigenvalue weighted by Gasteiger charge is 2.55. The highest BCUT2D eigenvalue weighted by atomic mass is 79.9. The minimum absolute atomic E-state index is 0.479. The lowest BCUT2D eigenvalue weighted by atomic mass is 10.0. The first kappa shape index (κ1) is 18.4. The van der Waals surface area contributed by atoms with E-state index in [2.05, 4.69) is 49.7 Å². The topological polar surface area (TPSA) is 35.7 Å². The monoisotopic (exact) mass is 449 g/mol. The summed E-state index contributed by atoms with van der Waals surface area (Å²) in [5, 5.41) is 12.1. The van der Waals surface area contributed by atoms with Crippen molar-refractivity contribution in [3.05, 3.63) is 88.4 Å². The predicted octanol–water partition coefficient (Wildman–Crippen LogP) is 4.81. The lowest BCUT2D eigenvalue weighted by Gasteiger charge is -2.29. The Labute approximate surface area is 178 Å². The SMILES string of the molecule is COc1ccc(N2C3=[N+](C[C@@]2(O)c2ccc(Br)cc2)c2ccccc2CC3)cc1. The third kappa shape index (κ3) is 2.96. The molecule has 0 unspecified atom stereocenters. The smallest absolute Gasteiger partial charge is 0.275 e. The first-order valence-electron chi connectivity index (χ1n) is 9.74. The van der Waals surface area contributed by atoms with Crippen LogP contribution in [0.2, 0.25) is 0 Å². The van der Waals surface area contributed by atoms with Gasteiger partial charge in [-0.1, -0.05) is 46.3 Å². The van der Waals surface area contributed by atoms with Crippen molar-refractivity contribution in [1.29, 1.82) is 0 Å². The molecule has 2 heterocycles. The Hall–Kier alpha value is -2.63. The molecule has 0 amide bonds. The van der Waals surface area contributed by atoms with Crippen LogP contribution in [0.4, 0.5) is 11.4 Å². The Morgan fingerprint density at radius 2 is 1.69 bits per heavy atom. The van der Waals surface area contributed by atoms with Crippen LogP contribution in [0.5, 0.6) is 5.75 Å². The molecule has 1 N–H and O–H groups in total. The molecule has 146 valence electrons. The summed E-state index contributed by atoms with van der Waals surface area (Å²) in [5.41, 5.74) is 3.16. The zero-order valence-electron chi connectivity index (χ0n) is 16.2. The largest absolute Gasteiger partial charge is 0.497 e. The molecule has 1 atom stereocenters. The van der Waals surface area contributed by atoms with Crippen LogP contribution in [0, 0.1) is 0 Å². The molecule has 0 spiro atoms. The maximum Gasteiger partial charge on any atom is 0.275 e. The molecule has 2 aliphatic heterocycles. The molecular formula is C24H22BrN2O2+. The third-order valence-electron chi connectivity index (χ3n) is 5.86. The molecule has 29 heavy (non-hydrogen) atoms. The Balaban J connectivity index is 1.68. The van der Waals surface area contributed by atoms with Crippen LogP contribution in [0.15, 0.2) is 77.3 Å². The van der Waals surface area contributed by atoms with E-state index in [1.807, 2.05) is 48.5 Å². The predicted molar refractivity (Wildman–Crippen MR) is 118 cm³/mol. The van der Waals surface area contributed by atoms with E-state index in [-0.39, 0.29) is 0 Å². The first-order valence-corrected chi connectivity index (χ1v) is 10.5. The zero-order chi connectivity index (χ0) is 20.0. The Morgan fingerprint density at radius 3 is 2.41 bits per heavy atom. The normalized spacial score (nSPS) is 20.4. The average Bonchev–Trinajstić information content (AvgIpc) is 3.08. The zero-order valence-corrected chi connectivity index (χ0v) is 17.8. The second-order valence-corrected chi connectivity index (χ2v) is 8.40. The lowest BCUT2D eigenvalue weighted by molar-refractivity contribution is -0.453. The molecule has 3 aromatic rings. The Morgan fingerprint density at radius 1 is 0.966 bits per heavy atom. The standard InChI is InChI=1S/C24H22BrN2O2/c1-29-21-13-11-20(12-14-21)27-23-15-6-17-4-2-3-5-22(17)26(23)16-24(27,28)18-7-9-19(25)10-8-18/h2-5,7-14,28H,6,15-16H2,1H3/q+1/t24-/m1/s1. The number of amidine groups is 1. The van der Waals surface area contributed by atoms with Crippen molar-refractivity contribution in [3.8, 4) is 5.75 Å². The molecule has 5 rings (SSSR count). The molecule has 2 aliphatic rings. The molecule has 0 saturated carbocycles. The number of ether oxygens (including phenoxy) is 1. The lowest BCUT2D eigenvalue weighted by Crippen LogP contribution is -2.47. The van der Waals surface area contributed by atoms with E-state index >= 15 is 0 Å². The van der Waals surface area contributed by atoms with Gasteiger partial charge in [-0.2, -0.15) is 4.90 Å². The minimum Gasteiger partial charge on any atom is -0.497 e. The van der Waals surface area contributed by atoms with E-state index in [1.54, 1.807) is 7.11 Å². The number of rotatable bonds is 3. The van der Waals surface area contributed by atoms with Crippen molar-refractivity contribution in [2.45, 2.75) is 18.6 Å². The Kier molecular flexibility index (Phi) is 4.45. The van der Waals surface area contributed by atoms with Gasteiger partial charge in [0.05, 0.1) is 13.5 Å². The van der Waals surface area contributed by atoms with Crippen molar-refractivity contribution in [3.63, 3.8) is 0 Å². The molecule has 3 aromatic carbocycles. The molecule has 0 fully saturated rings. The van der Waals surface area contributed by atoms with Crippen LogP contribution in [-0.4, -0.2) is 29.2 Å². The fourth-order valence-corrected chi connectivity index (χ4v) is 4.72. The van der Waals surface area contributed by atoms with Crippen LogP contribution < -0.4 is 9.64 Å². The van der Waals surface area contributed by atoms with Crippen LogP contribution in [0.1, 0.15) is 17.5 Å². The van der Waals surface area contributed by atoms with Gasteiger partial charge in [-0.25, -0.2) is 4.58 Å². The molecule has 5 heteroatoms. The highest BCUT2D eigenvalue weighted by Crippen LogP contribution is 2.42. The van der Waals surface area contributed by atoms with Crippen molar-refractivity contribution in [2.24, 2.45) is 0 Å². The maximum absolute atomic E-state index is 12.1. The van der Waals surface area contributed by atoms with Crippen LogP contribution in [-0.2, 0) is 12.1 Å². The second kappa shape index (κ2) is 7.01. The van der Waals surface area contributed by atoms with Gasteiger partial charge in [0.25, 0.3) is 11.6 Å². The van der Waals surface area contributed by atoms with Gasteiger partial charge in [0.1, 0.15) is 17.1 Å². The van der Waals surface area contributed by atoms with E-state index in [9.17, 15) is 5.11 Å². The quantitative estimate of drug-likeness (QED) is 0.582. The summed E-state index contributed by atoms with van der Waals surface area (Å²) >= 11 is 3.51. The summed E-state index contributed by atoms with van der Waals surface area (Å²) < 4.78 is 8.60. The minimum atomic E-state index is -1.16. The summed E-state index contributed by atoms with van der Waals surface area (Å²) in [7, 11) is 1.66. The fourth-order valence-electron chi connectivity index (χ4n) is 4.45. The number of anilines is 1. The van der Waals surface area contributed by atoms with Crippen molar-refractivity contribution in [2.75, 3.05) is 18.6 Å². The number of fused-ring (bicyclic) bond motifs is 2. The number of methoxy groups -OCH3 is 1. The molecule has 0 aromatic heterocycles. The average molecular weight is 450 g/mol. The number of aliphatic hydroxyl groups is 1. The number of hydrogen-bond acceptors (Lipinski definition) is 3. The number of aryl methyl sites for hydroxylation is 1. The molecule has 0 aliphatic carbocycles. The van der Waals surface area contributed by atoms with E-state index in [0.29, 0.717) is 6.54 Å². The van der Waals surface area contributed by atoms with E-state index < -0.39 is 5.72 Å². The van der Waals surface area contributed by atoms with Gasteiger partial charge in [0.15, 0.2) is 6.54 Å². The molecular weight excluding hydrogens is 428 g/mol. The van der Waals surface area contributed by atoms with Gasteiger partial charge in [-0.05, 0) is 54.4 Å². The van der Waals surface area contributed by atoms with Crippen LogP contribution in [0.25, 0.3) is 0 Å². The van der Waals surface area contributed by atoms with E-state index in [4.69, 9.17) is 4.74 Å². The number of halogens is 1. The molecule has 0 bridgehead atoms. The molecule has 0 radical (unpaired) electrons. The second-order valence-electron chi connectivity index (χ2n) is 7.49. The number of para-hydroxylation sites is 1. The first-order chi connectivity index (χ1) is 14.1. The van der Waals surface area contributed by atoms with Crippen molar-refractivity contribution < 1.29 is 14.4 Å². The summed E-state index contributed by atoms with van der Waals surface area (Å²) in [5.74, 6) is 1.93. The molecule has 4 nitrogen and oxygen atoms in total. The van der Waals surface area contributed by atoms with Gasteiger partial charge in [-0.15, -0.1) is 0 Å². The number of benzene rings is 3. The Bertz CT molecular complexity index is 1090. The van der Waals surface area contributed by atoms with E-state index in [1.165, 1.54) is 11.3 Å². The van der Waals surface area contributed by atoms with Gasteiger partial charge >= 0.3 is 0 Å². The molecule has 0 saturated heterocycles. The van der Waals surface area contributed by atoms with Crippen molar-refractivity contribution in [1.82, 2.24) is 0 Å². The summed E-state index contributed by atoms with van der Waals surface area (Å²) in [6, 6.07) is 24.3. The van der Waals surface area contributed by atoms with Gasteiger partial charge in [-0.3, -0.25) is 0 Å². The van der Waals surface area contributed by atoms with Crippen LogP contribution in [0.3, 0.4) is 0 Å². The maximum atomic E-state index is 12.1. The summed E-state index contributed by atoms with van der Waals surface area (Å²) in [6.07, 6.45) is 1.84. The number of nitrogens with zero attached hydrogens (tertiary/aromatic N) is 2. The summed E-state index contributed by atoms with van der Waals surface area (Å²) in [6.45, 7) is 0.479.